The van der Waals surface area contributed by atoms with Crippen LogP contribution in [0, 0.1) is 10.8 Å². The van der Waals surface area contributed by atoms with E-state index in [9.17, 15) is 9.59 Å². The molecule has 1 saturated carbocycles. The summed E-state index contributed by atoms with van der Waals surface area (Å²) in [6, 6.07) is 7.58. The number of esters is 2. The van der Waals surface area contributed by atoms with Crippen LogP contribution in [-0.4, -0.2) is 24.1 Å². The normalized spacial score (nSPS) is 35.8. The number of para-hydroxylation sites is 1. The molecule has 3 unspecified atom stereocenters. The fourth-order valence-corrected chi connectivity index (χ4v) is 4.36. The summed E-state index contributed by atoms with van der Waals surface area (Å²) in [6.45, 7) is 6.26. The SMILES string of the molecule is CC12CCC(C(=O)OC3CCOc4ccccc43)(OC1=O)C2(C)C. The van der Waals surface area contributed by atoms with Gasteiger partial charge in [-0.05, 0) is 25.8 Å². The second-order valence-electron chi connectivity index (χ2n) is 7.74. The Hall–Kier alpha value is -2.04. The van der Waals surface area contributed by atoms with E-state index in [1.165, 1.54) is 0 Å². The van der Waals surface area contributed by atoms with Crippen LogP contribution in [0.2, 0.25) is 0 Å². The fraction of sp³-hybridized carbons (Fsp3) is 0.579. The van der Waals surface area contributed by atoms with Crippen molar-refractivity contribution in [1.82, 2.24) is 0 Å². The van der Waals surface area contributed by atoms with Crippen molar-refractivity contribution < 1.29 is 23.8 Å². The van der Waals surface area contributed by atoms with Gasteiger partial charge in [-0.1, -0.05) is 32.0 Å². The number of ether oxygens (including phenoxy) is 3. The second-order valence-corrected chi connectivity index (χ2v) is 7.74. The van der Waals surface area contributed by atoms with Crippen molar-refractivity contribution in [3.05, 3.63) is 29.8 Å². The number of benzene rings is 1. The summed E-state index contributed by atoms with van der Waals surface area (Å²) >= 11 is 0. The van der Waals surface area contributed by atoms with Crippen LogP contribution in [0.4, 0.5) is 0 Å². The molecule has 1 aliphatic carbocycles. The lowest BCUT2D eigenvalue weighted by atomic mass is 9.66. The topological polar surface area (TPSA) is 61.8 Å². The molecule has 1 saturated heterocycles. The first-order valence-corrected chi connectivity index (χ1v) is 8.48. The Morgan fingerprint density at radius 1 is 1.21 bits per heavy atom. The molecule has 0 radical (unpaired) electrons. The smallest absolute Gasteiger partial charge is 0.351 e. The van der Waals surface area contributed by atoms with E-state index in [2.05, 4.69) is 0 Å². The Morgan fingerprint density at radius 3 is 2.62 bits per heavy atom. The van der Waals surface area contributed by atoms with Gasteiger partial charge < -0.3 is 14.2 Å². The summed E-state index contributed by atoms with van der Waals surface area (Å²) in [5, 5.41) is 0. The van der Waals surface area contributed by atoms with E-state index in [0.29, 0.717) is 25.9 Å². The zero-order chi connectivity index (χ0) is 17.2. The molecule has 2 aliphatic heterocycles. The van der Waals surface area contributed by atoms with Crippen LogP contribution in [0.15, 0.2) is 24.3 Å². The van der Waals surface area contributed by atoms with Crippen molar-refractivity contribution >= 4 is 11.9 Å². The van der Waals surface area contributed by atoms with Gasteiger partial charge in [0, 0.05) is 17.4 Å². The third-order valence-electron chi connectivity index (χ3n) is 6.57. The molecule has 0 aromatic heterocycles. The minimum absolute atomic E-state index is 0.289. The largest absolute Gasteiger partial charge is 0.493 e. The van der Waals surface area contributed by atoms with Crippen LogP contribution >= 0.6 is 0 Å². The minimum Gasteiger partial charge on any atom is -0.493 e. The van der Waals surface area contributed by atoms with Crippen molar-refractivity contribution in [3.8, 4) is 5.75 Å². The zero-order valence-electron chi connectivity index (χ0n) is 14.3. The summed E-state index contributed by atoms with van der Waals surface area (Å²) in [7, 11) is 0. The third kappa shape index (κ3) is 1.70. The molecule has 128 valence electrons. The number of carbonyl (C=O) groups is 2. The summed E-state index contributed by atoms with van der Waals surface area (Å²) < 4.78 is 17.1. The molecule has 24 heavy (non-hydrogen) atoms. The molecule has 0 N–H and O–H groups in total. The van der Waals surface area contributed by atoms with Gasteiger partial charge >= 0.3 is 11.9 Å². The number of fused-ring (bicyclic) bond motifs is 3. The van der Waals surface area contributed by atoms with Gasteiger partial charge in [0.1, 0.15) is 11.9 Å². The lowest BCUT2D eigenvalue weighted by Gasteiger charge is -2.36. The van der Waals surface area contributed by atoms with Gasteiger partial charge in [0.05, 0.1) is 12.0 Å². The molecule has 0 amide bonds. The molecule has 0 spiro atoms. The van der Waals surface area contributed by atoms with Crippen LogP contribution in [0.5, 0.6) is 5.75 Å². The Balaban J connectivity index is 1.64. The van der Waals surface area contributed by atoms with Gasteiger partial charge in [-0.25, -0.2) is 4.79 Å². The van der Waals surface area contributed by atoms with E-state index in [-0.39, 0.29) is 12.1 Å². The summed E-state index contributed by atoms with van der Waals surface area (Å²) in [5.41, 5.74) is -1.51. The Bertz CT molecular complexity index is 724. The highest BCUT2D eigenvalue weighted by molar-refractivity contribution is 5.93. The molecule has 1 aromatic rings. The molecule has 3 atom stereocenters. The van der Waals surface area contributed by atoms with Gasteiger partial charge in [-0.15, -0.1) is 0 Å². The van der Waals surface area contributed by atoms with Crippen molar-refractivity contribution in [2.24, 2.45) is 10.8 Å². The maximum absolute atomic E-state index is 13.1. The van der Waals surface area contributed by atoms with E-state index in [4.69, 9.17) is 14.2 Å². The standard InChI is InChI=1S/C19H22O5/c1-17(2)18(3)9-10-19(17,24-15(18)20)16(21)23-14-8-11-22-13-7-5-4-6-12(13)14/h4-7,14H,8-11H2,1-3H3. The molecule has 3 aliphatic rings. The van der Waals surface area contributed by atoms with E-state index in [0.717, 1.165) is 11.3 Å². The van der Waals surface area contributed by atoms with Crippen molar-refractivity contribution in [2.75, 3.05) is 6.61 Å². The zero-order valence-corrected chi connectivity index (χ0v) is 14.3. The Kier molecular flexibility index (Phi) is 3.06. The first-order chi connectivity index (χ1) is 11.3. The first-order valence-electron chi connectivity index (χ1n) is 8.48. The monoisotopic (exact) mass is 330 g/mol. The molecular weight excluding hydrogens is 308 g/mol. The molecule has 1 aromatic carbocycles. The lowest BCUT2D eigenvalue weighted by Crippen LogP contribution is -2.49. The molecular formula is C19H22O5. The summed E-state index contributed by atoms with van der Waals surface area (Å²) in [4.78, 5) is 25.4. The molecule has 2 heterocycles. The number of hydrogen-bond acceptors (Lipinski definition) is 5. The molecule has 5 heteroatoms. The molecule has 5 nitrogen and oxygen atoms in total. The van der Waals surface area contributed by atoms with Gasteiger partial charge in [-0.2, -0.15) is 0 Å². The van der Waals surface area contributed by atoms with Crippen LogP contribution in [0.25, 0.3) is 0 Å². The van der Waals surface area contributed by atoms with Gasteiger partial charge in [0.25, 0.3) is 0 Å². The fourth-order valence-electron chi connectivity index (χ4n) is 4.36. The predicted molar refractivity (Wildman–Crippen MR) is 85.3 cm³/mol. The third-order valence-corrected chi connectivity index (χ3v) is 6.57. The molecule has 4 rings (SSSR count). The highest BCUT2D eigenvalue weighted by Crippen LogP contribution is 2.66. The van der Waals surface area contributed by atoms with Crippen molar-refractivity contribution in [3.63, 3.8) is 0 Å². The van der Waals surface area contributed by atoms with Crippen molar-refractivity contribution in [1.29, 1.82) is 0 Å². The maximum Gasteiger partial charge on any atom is 0.351 e. The first kappa shape index (κ1) is 15.5. The second kappa shape index (κ2) is 4.74. The average molecular weight is 330 g/mol. The van der Waals surface area contributed by atoms with Crippen LogP contribution in [0.1, 0.15) is 51.7 Å². The lowest BCUT2D eigenvalue weighted by molar-refractivity contribution is -0.188. The van der Waals surface area contributed by atoms with E-state index >= 15 is 0 Å². The number of carbonyl (C=O) groups excluding carboxylic acids is 2. The van der Waals surface area contributed by atoms with Crippen LogP contribution in [0.3, 0.4) is 0 Å². The summed E-state index contributed by atoms with van der Waals surface area (Å²) in [6.07, 6.45) is 1.41. The minimum atomic E-state index is -1.17. The van der Waals surface area contributed by atoms with E-state index < -0.39 is 22.4 Å². The van der Waals surface area contributed by atoms with Crippen LogP contribution in [-0.2, 0) is 19.1 Å². The van der Waals surface area contributed by atoms with Gasteiger partial charge in [0.15, 0.2) is 0 Å². The van der Waals surface area contributed by atoms with E-state index in [1.807, 2.05) is 45.0 Å². The van der Waals surface area contributed by atoms with Gasteiger partial charge in [0.2, 0.25) is 5.60 Å². The Labute approximate surface area is 141 Å². The predicted octanol–water partition coefficient (Wildman–Crippen LogP) is 3.18. The highest BCUT2D eigenvalue weighted by atomic mass is 16.6. The van der Waals surface area contributed by atoms with Crippen LogP contribution < -0.4 is 4.74 Å². The number of hydrogen-bond donors (Lipinski definition) is 0. The maximum atomic E-state index is 13.1. The van der Waals surface area contributed by atoms with Crippen molar-refractivity contribution in [2.45, 2.75) is 51.7 Å². The van der Waals surface area contributed by atoms with E-state index in [1.54, 1.807) is 0 Å². The average Bonchev–Trinajstić information content (AvgIpc) is 2.85. The van der Waals surface area contributed by atoms with Gasteiger partial charge in [-0.3, -0.25) is 4.79 Å². The molecule has 2 fully saturated rings. The highest BCUT2D eigenvalue weighted by Gasteiger charge is 2.76. The Morgan fingerprint density at radius 2 is 1.96 bits per heavy atom. The number of rotatable bonds is 2. The molecule has 2 bridgehead atoms. The quantitative estimate of drug-likeness (QED) is 0.780. The summed E-state index contributed by atoms with van der Waals surface area (Å²) in [5.74, 6) is 0.0323.